The van der Waals surface area contributed by atoms with Gasteiger partial charge < -0.3 is 15.8 Å². The number of hydrogen-bond acceptors (Lipinski definition) is 7. The molecule has 0 spiro atoms. The number of rotatable bonds is 4. The topological polar surface area (TPSA) is 90.1 Å². The molecule has 0 saturated carbocycles. The van der Waals surface area contributed by atoms with Crippen LogP contribution in [0.15, 0.2) is 29.4 Å². The smallest absolute Gasteiger partial charge is 0.230 e. The number of anilines is 1. The normalized spacial score (nSPS) is 20.3. The number of thiophene rings is 1. The van der Waals surface area contributed by atoms with Gasteiger partial charge in [0.2, 0.25) is 5.91 Å². The van der Waals surface area contributed by atoms with E-state index in [1.54, 1.807) is 11.3 Å². The van der Waals surface area contributed by atoms with Crippen LogP contribution in [0.25, 0.3) is 10.2 Å². The number of fused-ring (bicyclic) bond motifs is 4. The Morgan fingerprint density at radius 1 is 1.33 bits per heavy atom. The molecule has 3 N–H and O–H groups in total. The second-order valence-corrected chi connectivity index (χ2v) is 10.0. The Bertz CT molecular complexity index is 1110. The Balaban J connectivity index is 1.28. The van der Waals surface area contributed by atoms with Gasteiger partial charge in [-0.2, -0.15) is 0 Å². The third-order valence-electron chi connectivity index (χ3n) is 5.79. The summed E-state index contributed by atoms with van der Waals surface area (Å²) in [6.45, 7) is 2.90. The molecule has 1 aromatic carbocycles. The van der Waals surface area contributed by atoms with Crippen LogP contribution in [0, 0.1) is 5.92 Å². The van der Waals surface area contributed by atoms with E-state index in [1.165, 1.54) is 28.6 Å². The van der Waals surface area contributed by atoms with Crippen LogP contribution >= 0.6 is 23.1 Å². The maximum atomic E-state index is 12.6. The summed E-state index contributed by atoms with van der Waals surface area (Å²) in [6, 6.07) is 7.83. The molecule has 2 atom stereocenters. The van der Waals surface area contributed by atoms with Crippen LogP contribution in [0.3, 0.4) is 0 Å². The van der Waals surface area contributed by atoms with E-state index in [0.29, 0.717) is 23.5 Å². The van der Waals surface area contributed by atoms with Crippen LogP contribution < -0.4 is 15.8 Å². The lowest BCUT2D eigenvalue weighted by Gasteiger charge is -2.26. The molecule has 3 aromatic rings. The third kappa shape index (κ3) is 3.74. The number of nitrogens with zero attached hydrogens (tertiary/aromatic N) is 2. The first kappa shape index (κ1) is 19.6. The number of nitrogens with two attached hydrogens (primary N) is 1. The number of ether oxygens (including phenoxy) is 1. The zero-order valence-corrected chi connectivity index (χ0v) is 18.4. The number of aromatic nitrogens is 2. The molecule has 1 aliphatic heterocycles. The summed E-state index contributed by atoms with van der Waals surface area (Å²) >= 11 is 3.06. The zero-order valence-electron chi connectivity index (χ0n) is 16.8. The number of nitrogens with one attached hydrogen (secondary N) is 1. The van der Waals surface area contributed by atoms with E-state index in [4.69, 9.17) is 15.5 Å². The summed E-state index contributed by atoms with van der Waals surface area (Å²) < 4.78 is 5.67. The van der Waals surface area contributed by atoms with E-state index in [1.807, 2.05) is 24.3 Å². The Morgan fingerprint density at radius 2 is 2.20 bits per heavy atom. The van der Waals surface area contributed by atoms with Gasteiger partial charge in [0.15, 0.2) is 5.16 Å². The van der Waals surface area contributed by atoms with Crippen molar-refractivity contribution in [1.29, 1.82) is 0 Å². The third-order valence-corrected chi connectivity index (χ3v) is 7.78. The Morgan fingerprint density at radius 3 is 3.10 bits per heavy atom. The first-order valence-electron chi connectivity index (χ1n) is 10.3. The molecule has 30 heavy (non-hydrogen) atoms. The number of benzene rings is 1. The maximum absolute atomic E-state index is 12.6. The fourth-order valence-electron chi connectivity index (χ4n) is 4.27. The molecule has 2 unspecified atom stereocenters. The minimum atomic E-state index is -0.0386. The average molecular weight is 441 g/mol. The standard InChI is InChI=1S/C22H24N4O2S2/c1-12-6-7-14-17(10-12)30-21-19(14)20(23)25-22(26-21)29-11-18(27)24-15-8-9-28-16-5-3-2-4-13(15)16/h2-5,12,15H,6-11H2,1H3,(H,24,27)(H2,23,25,26). The van der Waals surface area contributed by atoms with Crippen molar-refractivity contribution in [3.63, 3.8) is 0 Å². The number of aryl methyl sites for hydroxylation is 1. The predicted molar refractivity (Wildman–Crippen MR) is 121 cm³/mol. The van der Waals surface area contributed by atoms with E-state index < -0.39 is 0 Å². The molecule has 156 valence electrons. The van der Waals surface area contributed by atoms with Crippen molar-refractivity contribution in [3.05, 3.63) is 40.3 Å². The van der Waals surface area contributed by atoms with Crippen molar-refractivity contribution in [2.24, 2.45) is 5.92 Å². The monoisotopic (exact) mass is 440 g/mol. The van der Waals surface area contributed by atoms with Crippen LogP contribution in [0.2, 0.25) is 0 Å². The van der Waals surface area contributed by atoms with Gasteiger partial charge in [0.25, 0.3) is 0 Å². The van der Waals surface area contributed by atoms with Gasteiger partial charge in [-0.3, -0.25) is 4.79 Å². The Hall–Kier alpha value is -2.32. The van der Waals surface area contributed by atoms with Crippen LogP contribution in [-0.4, -0.2) is 28.2 Å². The Kier molecular flexibility index (Phi) is 5.28. The van der Waals surface area contributed by atoms with Gasteiger partial charge in [-0.05, 0) is 36.8 Å². The molecule has 0 radical (unpaired) electrons. The maximum Gasteiger partial charge on any atom is 0.230 e. The Labute approximate surface area is 183 Å². The number of para-hydroxylation sites is 1. The molecule has 2 aliphatic rings. The minimum Gasteiger partial charge on any atom is -0.493 e. The van der Waals surface area contributed by atoms with Gasteiger partial charge in [-0.1, -0.05) is 36.9 Å². The lowest BCUT2D eigenvalue weighted by molar-refractivity contribution is -0.119. The summed E-state index contributed by atoms with van der Waals surface area (Å²) in [5.41, 5.74) is 8.66. The molecule has 0 bridgehead atoms. The van der Waals surface area contributed by atoms with Crippen LogP contribution in [0.1, 0.15) is 41.8 Å². The number of nitrogen functional groups attached to an aromatic ring is 1. The van der Waals surface area contributed by atoms with Crippen molar-refractivity contribution in [3.8, 4) is 5.75 Å². The molecular formula is C22H24N4O2S2. The highest BCUT2D eigenvalue weighted by Crippen LogP contribution is 2.40. The van der Waals surface area contributed by atoms with Gasteiger partial charge >= 0.3 is 0 Å². The number of hydrogen-bond donors (Lipinski definition) is 2. The summed E-state index contributed by atoms with van der Waals surface area (Å²) in [4.78, 5) is 24.1. The van der Waals surface area contributed by atoms with Crippen molar-refractivity contribution >= 4 is 45.0 Å². The second-order valence-electron chi connectivity index (χ2n) is 8.01. The first-order valence-corrected chi connectivity index (χ1v) is 12.1. The van der Waals surface area contributed by atoms with Crippen molar-refractivity contribution in [1.82, 2.24) is 15.3 Å². The molecule has 0 saturated heterocycles. The van der Waals surface area contributed by atoms with E-state index >= 15 is 0 Å². The molecule has 1 amide bonds. The van der Waals surface area contributed by atoms with Crippen LogP contribution in [-0.2, 0) is 17.6 Å². The highest BCUT2D eigenvalue weighted by molar-refractivity contribution is 7.99. The molecule has 3 heterocycles. The van der Waals surface area contributed by atoms with Gasteiger partial charge in [-0.25, -0.2) is 9.97 Å². The highest BCUT2D eigenvalue weighted by Gasteiger charge is 2.25. The fraction of sp³-hybridized carbons (Fsp3) is 0.409. The number of carbonyl (C=O) groups excluding carboxylic acids is 1. The molecule has 0 fully saturated rings. The van der Waals surface area contributed by atoms with Gasteiger partial charge in [-0.15, -0.1) is 11.3 Å². The molecule has 2 aromatic heterocycles. The molecular weight excluding hydrogens is 416 g/mol. The SMILES string of the molecule is CC1CCc2c(sc3nc(SCC(=O)NC4CCOc5ccccc54)nc(N)c23)C1. The summed E-state index contributed by atoms with van der Waals surface area (Å²) in [7, 11) is 0. The van der Waals surface area contributed by atoms with E-state index in [0.717, 1.165) is 40.8 Å². The number of carbonyl (C=O) groups is 1. The first-order chi connectivity index (χ1) is 14.6. The van der Waals surface area contributed by atoms with Crippen LogP contribution in [0.4, 0.5) is 5.82 Å². The molecule has 8 heteroatoms. The molecule has 1 aliphatic carbocycles. The van der Waals surface area contributed by atoms with Crippen molar-refractivity contribution in [2.45, 2.75) is 43.8 Å². The zero-order chi connectivity index (χ0) is 20.7. The quantitative estimate of drug-likeness (QED) is 0.468. The van der Waals surface area contributed by atoms with Crippen molar-refractivity contribution in [2.75, 3.05) is 18.1 Å². The summed E-state index contributed by atoms with van der Waals surface area (Å²) in [5.74, 6) is 2.30. The number of thioether (sulfide) groups is 1. The molecule has 6 nitrogen and oxygen atoms in total. The van der Waals surface area contributed by atoms with E-state index in [9.17, 15) is 4.79 Å². The summed E-state index contributed by atoms with van der Waals surface area (Å²) in [5, 5.41) is 4.70. The highest BCUT2D eigenvalue weighted by atomic mass is 32.2. The minimum absolute atomic E-state index is 0.0254. The van der Waals surface area contributed by atoms with Gasteiger partial charge in [0, 0.05) is 16.9 Å². The predicted octanol–water partition coefficient (Wildman–Crippen LogP) is 4.13. The lowest BCUT2D eigenvalue weighted by Crippen LogP contribution is -2.33. The largest absolute Gasteiger partial charge is 0.493 e. The second kappa shape index (κ2) is 8.07. The molecule has 5 rings (SSSR count). The van der Waals surface area contributed by atoms with Crippen LogP contribution in [0.5, 0.6) is 5.75 Å². The summed E-state index contributed by atoms with van der Waals surface area (Å²) in [6.07, 6.45) is 4.09. The average Bonchev–Trinajstić information content (AvgIpc) is 3.10. The van der Waals surface area contributed by atoms with Gasteiger partial charge in [0.05, 0.1) is 23.8 Å². The van der Waals surface area contributed by atoms with E-state index in [2.05, 4.69) is 17.2 Å². The lowest BCUT2D eigenvalue weighted by atomic mass is 9.89. The number of amides is 1. The fourth-order valence-corrected chi connectivity index (χ4v) is 6.38. The van der Waals surface area contributed by atoms with E-state index in [-0.39, 0.29) is 17.7 Å². The van der Waals surface area contributed by atoms with Crippen molar-refractivity contribution < 1.29 is 9.53 Å². The van der Waals surface area contributed by atoms with Gasteiger partial charge in [0.1, 0.15) is 16.4 Å².